The smallest absolute Gasteiger partial charge is 0.137 e. The summed E-state index contributed by atoms with van der Waals surface area (Å²) in [7, 11) is 0. The van der Waals surface area contributed by atoms with Gasteiger partial charge in [0, 0.05) is 12.4 Å². The summed E-state index contributed by atoms with van der Waals surface area (Å²) in [6.45, 7) is 0.646. The van der Waals surface area contributed by atoms with Crippen molar-refractivity contribution in [2.45, 2.75) is 6.54 Å². The first-order valence-electron chi connectivity index (χ1n) is 3.26. The minimum absolute atomic E-state index is 0.646. The molecule has 2 aromatic rings. The molecule has 5 heteroatoms. The SMILES string of the molecule is c1c[nH]c(Cn2cncn2)n1. The lowest BCUT2D eigenvalue weighted by Gasteiger charge is -1.93. The molecule has 0 saturated carbocycles. The molecule has 0 atom stereocenters. The third kappa shape index (κ3) is 1.26. The van der Waals surface area contributed by atoms with Crippen LogP contribution in [-0.4, -0.2) is 24.7 Å². The molecular formula is C6H7N5. The van der Waals surface area contributed by atoms with Crippen molar-refractivity contribution in [2.75, 3.05) is 0 Å². The lowest BCUT2D eigenvalue weighted by molar-refractivity contribution is 0.659. The van der Waals surface area contributed by atoms with E-state index in [-0.39, 0.29) is 0 Å². The van der Waals surface area contributed by atoms with E-state index in [0.29, 0.717) is 6.54 Å². The van der Waals surface area contributed by atoms with Gasteiger partial charge in [0.1, 0.15) is 25.0 Å². The number of imidazole rings is 1. The van der Waals surface area contributed by atoms with Crippen LogP contribution in [0.2, 0.25) is 0 Å². The van der Waals surface area contributed by atoms with E-state index in [2.05, 4.69) is 20.1 Å². The van der Waals surface area contributed by atoms with Crippen LogP contribution in [-0.2, 0) is 6.54 Å². The quantitative estimate of drug-likeness (QED) is 0.656. The van der Waals surface area contributed by atoms with Gasteiger partial charge in [-0.3, -0.25) is 0 Å². The minimum Gasteiger partial charge on any atom is -0.347 e. The molecule has 0 bridgehead atoms. The van der Waals surface area contributed by atoms with Crippen LogP contribution in [0.4, 0.5) is 0 Å². The van der Waals surface area contributed by atoms with Crippen LogP contribution >= 0.6 is 0 Å². The summed E-state index contributed by atoms with van der Waals surface area (Å²) in [4.78, 5) is 10.8. The highest BCUT2D eigenvalue weighted by Crippen LogP contribution is 1.90. The second kappa shape index (κ2) is 2.53. The number of hydrogen-bond acceptors (Lipinski definition) is 3. The van der Waals surface area contributed by atoms with Gasteiger partial charge in [-0.05, 0) is 0 Å². The van der Waals surface area contributed by atoms with E-state index in [0.717, 1.165) is 5.82 Å². The second-order valence-corrected chi connectivity index (χ2v) is 2.13. The molecule has 0 radical (unpaired) electrons. The van der Waals surface area contributed by atoms with Gasteiger partial charge in [0.2, 0.25) is 0 Å². The lowest BCUT2D eigenvalue weighted by atomic mass is 10.6. The largest absolute Gasteiger partial charge is 0.347 e. The Labute approximate surface area is 63.1 Å². The standard InChI is InChI=1S/C6H7N5/c1-2-9-6(8-1)3-11-5-7-4-10-11/h1-2,4-5H,3H2,(H,8,9). The summed E-state index contributed by atoms with van der Waals surface area (Å²) in [5.74, 6) is 0.885. The Balaban J connectivity index is 2.14. The summed E-state index contributed by atoms with van der Waals surface area (Å²) in [6, 6.07) is 0. The molecule has 0 aromatic carbocycles. The lowest BCUT2D eigenvalue weighted by Crippen LogP contribution is -2.01. The number of aromatic amines is 1. The fraction of sp³-hybridized carbons (Fsp3) is 0.167. The average Bonchev–Trinajstić information content (AvgIpc) is 2.60. The van der Waals surface area contributed by atoms with Gasteiger partial charge < -0.3 is 4.98 Å². The summed E-state index contributed by atoms with van der Waals surface area (Å²) >= 11 is 0. The predicted molar refractivity (Wildman–Crippen MR) is 37.7 cm³/mol. The van der Waals surface area contributed by atoms with E-state index >= 15 is 0 Å². The third-order valence-corrected chi connectivity index (χ3v) is 1.33. The Morgan fingerprint density at radius 1 is 1.55 bits per heavy atom. The molecule has 0 aliphatic heterocycles. The third-order valence-electron chi connectivity index (χ3n) is 1.33. The molecule has 0 saturated heterocycles. The van der Waals surface area contributed by atoms with Crippen LogP contribution in [0.5, 0.6) is 0 Å². The van der Waals surface area contributed by atoms with Crippen molar-refractivity contribution in [1.82, 2.24) is 24.7 Å². The zero-order valence-electron chi connectivity index (χ0n) is 5.81. The van der Waals surface area contributed by atoms with E-state index in [1.165, 1.54) is 6.33 Å². The molecule has 5 nitrogen and oxygen atoms in total. The Morgan fingerprint density at radius 3 is 3.18 bits per heavy atom. The van der Waals surface area contributed by atoms with Crippen molar-refractivity contribution in [1.29, 1.82) is 0 Å². The Morgan fingerprint density at radius 2 is 2.55 bits per heavy atom. The molecule has 2 heterocycles. The van der Waals surface area contributed by atoms with Crippen LogP contribution in [0.15, 0.2) is 25.0 Å². The Kier molecular flexibility index (Phi) is 1.40. The van der Waals surface area contributed by atoms with Crippen molar-refractivity contribution in [3.8, 4) is 0 Å². The Bertz CT molecular complexity index is 263. The van der Waals surface area contributed by atoms with Gasteiger partial charge in [-0.15, -0.1) is 0 Å². The average molecular weight is 149 g/mol. The predicted octanol–water partition coefficient (Wildman–Crippen LogP) is 0.0495. The highest BCUT2D eigenvalue weighted by Gasteiger charge is 1.94. The van der Waals surface area contributed by atoms with Crippen molar-refractivity contribution in [2.24, 2.45) is 0 Å². The van der Waals surface area contributed by atoms with Crippen molar-refractivity contribution >= 4 is 0 Å². The molecule has 0 unspecified atom stereocenters. The van der Waals surface area contributed by atoms with Crippen molar-refractivity contribution < 1.29 is 0 Å². The van der Waals surface area contributed by atoms with Gasteiger partial charge in [0.25, 0.3) is 0 Å². The molecule has 2 rings (SSSR count). The van der Waals surface area contributed by atoms with Crippen LogP contribution in [0.3, 0.4) is 0 Å². The molecule has 1 N–H and O–H groups in total. The minimum atomic E-state index is 0.646. The Hall–Kier alpha value is -1.65. The summed E-state index contributed by atoms with van der Waals surface area (Å²) in [5, 5.41) is 3.94. The first-order chi connectivity index (χ1) is 5.45. The molecule has 11 heavy (non-hydrogen) atoms. The van der Waals surface area contributed by atoms with Crippen LogP contribution in [0, 0.1) is 0 Å². The molecular weight excluding hydrogens is 142 g/mol. The number of nitrogens with one attached hydrogen (secondary N) is 1. The van der Waals surface area contributed by atoms with Crippen LogP contribution in [0.1, 0.15) is 5.82 Å². The van der Waals surface area contributed by atoms with Gasteiger partial charge in [0.05, 0.1) is 0 Å². The first-order valence-corrected chi connectivity index (χ1v) is 3.26. The van der Waals surface area contributed by atoms with E-state index < -0.39 is 0 Å². The van der Waals surface area contributed by atoms with Gasteiger partial charge in [0.15, 0.2) is 0 Å². The summed E-state index contributed by atoms with van der Waals surface area (Å²) in [6.07, 6.45) is 6.66. The molecule has 0 spiro atoms. The number of nitrogens with zero attached hydrogens (tertiary/aromatic N) is 4. The van der Waals surface area contributed by atoms with Crippen molar-refractivity contribution in [3.05, 3.63) is 30.9 Å². The van der Waals surface area contributed by atoms with Gasteiger partial charge >= 0.3 is 0 Å². The topological polar surface area (TPSA) is 59.4 Å². The molecule has 56 valence electrons. The number of rotatable bonds is 2. The maximum Gasteiger partial charge on any atom is 0.137 e. The fourth-order valence-corrected chi connectivity index (χ4v) is 0.852. The highest BCUT2D eigenvalue weighted by atomic mass is 15.3. The number of hydrogen-bond donors (Lipinski definition) is 1. The molecule has 2 aromatic heterocycles. The summed E-state index contributed by atoms with van der Waals surface area (Å²) in [5.41, 5.74) is 0. The number of aromatic nitrogens is 5. The normalized spacial score (nSPS) is 10.2. The van der Waals surface area contributed by atoms with E-state index in [9.17, 15) is 0 Å². The second-order valence-electron chi connectivity index (χ2n) is 2.13. The fourth-order valence-electron chi connectivity index (χ4n) is 0.852. The highest BCUT2D eigenvalue weighted by molar-refractivity contribution is 4.86. The van der Waals surface area contributed by atoms with E-state index in [4.69, 9.17) is 0 Å². The zero-order chi connectivity index (χ0) is 7.52. The summed E-state index contributed by atoms with van der Waals surface area (Å²) < 4.78 is 1.71. The molecule has 0 fully saturated rings. The van der Waals surface area contributed by atoms with Crippen LogP contribution in [0.25, 0.3) is 0 Å². The monoisotopic (exact) mass is 149 g/mol. The molecule has 0 aliphatic carbocycles. The molecule has 0 aliphatic rings. The van der Waals surface area contributed by atoms with Crippen molar-refractivity contribution in [3.63, 3.8) is 0 Å². The number of H-pyrrole nitrogens is 1. The van der Waals surface area contributed by atoms with Gasteiger partial charge in [-0.2, -0.15) is 5.10 Å². The molecule has 0 amide bonds. The van der Waals surface area contributed by atoms with Gasteiger partial charge in [-0.25, -0.2) is 14.6 Å². The zero-order valence-corrected chi connectivity index (χ0v) is 5.81. The van der Waals surface area contributed by atoms with Crippen LogP contribution < -0.4 is 0 Å². The van der Waals surface area contributed by atoms with E-state index in [1.807, 2.05) is 0 Å². The maximum atomic E-state index is 4.05. The van der Waals surface area contributed by atoms with Gasteiger partial charge in [-0.1, -0.05) is 0 Å². The first kappa shape index (κ1) is 6.09. The van der Waals surface area contributed by atoms with E-state index in [1.54, 1.807) is 23.4 Å². The maximum absolute atomic E-state index is 4.05.